The van der Waals surface area contributed by atoms with Crippen LogP contribution in [0.4, 0.5) is 16.2 Å². The van der Waals surface area contributed by atoms with Crippen LogP contribution in [0.1, 0.15) is 39.5 Å². The van der Waals surface area contributed by atoms with Crippen molar-refractivity contribution in [3.63, 3.8) is 0 Å². The third kappa shape index (κ3) is 4.71. The van der Waals surface area contributed by atoms with Crippen molar-refractivity contribution in [2.45, 2.75) is 45.1 Å². The summed E-state index contributed by atoms with van der Waals surface area (Å²) < 4.78 is 4.69. The van der Waals surface area contributed by atoms with E-state index in [9.17, 15) is 14.4 Å². The molecule has 1 fully saturated rings. The maximum Gasteiger partial charge on any atom is 0.319 e. The SMILES string of the molecule is CC[C@@](C)(CC(=O)OC)NC(=O)Nc1ccccc1N1CCCC1=O. The van der Waals surface area contributed by atoms with Crippen molar-refractivity contribution < 1.29 is 19.1 Å². The van der Waals surface area contributed by atoms with Crippen LogP contribution < -0.4 is 15.5 Å². The van der Waals surface area contributed by atoms with Crippen molar-refractivity contribution >= 4 is 29.3 Å². The van der Waals surface area contributed by atoms with Crippen LogP contribution in [0, 0.1) is 0 Å². The van der Waals surface area contributed by atoms with E-state index in [1.165, 1.54) is 7.11 Å². The molecule has 1 aliphatic heterocycles. The van der Waals surface area contributed by atoms with Gasteiger partial charge in [0.2, 0.25) is 5.91 Å². The number of rotatable bonds is 6. The molecule has 0 unspecified atom stereocenters. The maximum atomic E-state index is 12.4. The average Bonchev–Trinajstić information content (AvgIpc) is 3.00. The predicted molar refractivity (Wildman–Crippen MR) is 95.5 cm³/mol. The minimum absolute atomic E-state index is 0.0544. The van der Waals surface area contributed by atoms with Crippen LogP contribution in [0.25, 0.3) is 0 Å². The average molecular weight is 347 g/mol. The van der Waals surface area contributed by atoms with E-state index in [0.717, 1.165) is 6.42 Å². The summed E-state index contributed by atoms with van der Waals surface area (Å²) in [6.07, 6.45) is 1.99. The Morgan fingerprint density at radius 1 is 1.32 bits per heavy atom. The molecule has 0 bridgehead atoms. The molecule has 25 heavy (non-hydrogen) atoms. The Kier molecular flexibility index (Phi) is 6.01. The van der Waals surface area contributed by atoms with Gasteiger partial charge in [-0.1, -0.05) is 19.1 Å². The van der Waals surface area contributed by atoms with E-state index in [1.807, 2.05) is 19.1 Å². The van der Waals surface area contributed by atoms with Gasteiger partial charge in [0.25, 0.3) is 0 Å². The van der Waals surface area contributed by atoms with Crippen molar-refractivity contribution in [1.82, 2.24) is 5.32 Å². The standard InChI is InChI=1S/C18H25N3O4/c1-4-18(2,12-16(23)25-3)20-17(24)19-13-8-5-6-9-14(13)21-11-7-10-15(21)22/h5-6,8-9H,4,7,10-12H2,1-3H3,(H2,19,20,24)/t18-/m0/s1. The summed E-state index contributed by atoms with van der Waals surface area (Å²) >= 11 is 0. The van der Waals surface area contributed by atoms with Crippen molar-refractivity contribution in [3.8, 4) is 0 Å². The lowest BCUT2D eigenvalue weighted by molar-refractivity contribution is -0.142. The summed E-state index contributed by atoms with van der Waals surface area (Å²) in [5.41, 5.74) is 0.536. The van der Waals surface area contributed by atoms with Crippen LogP contribution in [-0.2, 0) is 14.3 Å². The number of esters is 1. The number of methoxy groups -OCH3 is 1. The zero-order chi connectivity index (χ0) is 18.4. The molecular weight excluding hydrogens is 322 g/mol. The highest BCUT2D eigenvalue weighted by molar-refractivity contribution is 6.01. The number of para-hydroxylation sites is 2. The van der Waals surface area contributed by atoms with Crippen LogP contribution >= 0.6 is 0 Å². The first-order valence-corrected chi connectivity index (χ1v) is 8.44. The molecule has 0 saturated carbocycles. The molecule has 2 N–H and O–H groups in total. The van der Waals surface area contributed by atoms with Crippen LogP contribution in [-0.4, -0.2) is 37.1 Å². The molecule has 1 aliphatic rings. The summed E-state index contributed by atoms with van der Waals surface area (Å²) in [5, 5.41) is 5.62. The van der Waals surface area contributed by atoms with Gasteiger partial charge in [-0.3, -0.25) is 9.59 Å². The fourth-order valence-electron chi connectivity index (χ4n) is 2.79. The number of amides is 3. The Hall–Kier alpha value is -2.57. The first-order chi connectivity index (χ1) is 11.9. The van der Waals surface area contributed by atoms with E-state index >= 15 is 0 Å². The van der Waals surface area contributed by atoms with Gasteiger partial charge >= 0.3 is 12.0 Å². The molecule has 1 heterocycles. The summed E-state index contributed by atoms with van der Waals surface area (Å²) in [7, 11) is 1.32. The van der Waals surface area contributed by atoms with Crippen LogP contribution in [0.5, 0.6) is 0 Å². The largest absolute Gasteiger partial charge is 0.469 e. The summed E-state index contributed by atoms with van der Waals surface area (Å²) in [5.74, 6) is -0.327. The number of anilines is 2. The third-order valence-corrected chi connectivity index (χ3v) is 4.47. The lowest BCUT2D eigenvalue weighted by atomic mass is 9.95. The molecule has 3 amide bonds. The maximum absolute atomic E-state index is 12.4. The fraction of sp³-hybridized carbons (Fsp3) is 0.500. The number of hydrogen-bond donors (Lipinski definition) is 2. The molecule has 0 spiro atoms. The number of nitrogens with zero attached hydrogens (tertiary/aromatic N) is 1. The summed E-state index contributed by atoms with van der Waals surface area (Å²) in [6, 6.07) is 6.77. The predicted octanol–water partition coefficient (Wildman–Crippen LogP) is 2.67. The van der Waals surface area contributed by atoms with Gasteiger partial charge in [-0.15, -0.1) is 0 Å². The van der Waals surface area contributed by atoms with Crippen molar-refractivity contribution in [2.24, 2.45) is 0 Å². The van der Waals surface area contributed by atoms with Gasteiger partial charge in [0, 0.05) is 18.5 Å². The Bertz CT molecular complexity index is 661. The zero-order valence-electron chi connectivity index (χ0n) is 14.9. The molecule has 1 aromatic carbocycles. The van der Waals surface area contributed by atoms with Gasteiger partial charge in [-0.05, 0) is 31.9 Å². The van der Waals surface area contributed by atoms with E-state index in [1.54, 1.807) is 24.0 Å². The van der Waals surface area contributed by atoms with Gasteiger partial charge < -0.3 is 20.3 Å². The van der Waals surface area contributed by atoms with E-state index in [0.29, 0.717) is 30.8 Å². The zero-order valence-corrected chi connectivity index (χ0v) is 14.9. The molecule has 7 heteroatoms. The molecule has 2 rings (SSSR count). The molecule has 0 aromatic heterocycles. The number of ether oxygens (including phenoxy) is 1. The molecule has 1 atom stereocenters. The second-order valence-corrected chi connectivity index (χ2v) is 6.41. The van der Waals surface area contributed by atoms with Crippen molar-refractivity contribution in [3.05, 3.63) is 24.3 Å². The Morgan fingerprint density at radius 2 is 2.04 bits per heavy atom. The molecule has 1 aromatic rings. The molecule has 136 valence electrons. The Labute approximate surface area is 147 Å². The number of carbonyl (C=O) groups excluding carboxylic acids is 3. The minimum Gasteiger partial charge on any atom is -0.469 e. The third-order valence-electron chi connectivity index (χ3n) is 4.47. The fourth-order valence-corrected chi connectivity index (χ4v) is 2.79. The second kappa shape index (κ2) is 8.00. The van der Waals surface area contributed by atoms with Gasteiger partial charge in [0.15, 0.2) is 0 Å². The van der Waals surface area contributed by atoms with Gasteiger partial charge in [0.05, 0.1) is 24.9 Å². The monoisotopic (exact) mass is 347 g/mol. The Morgan fingerprint density at radius 3 is 2.64 bits per heavy atom. The van der Waals surface area contributed by atoms with Gasteiger partial charge in [-0.2, -0.15) is 0 Å². The Balaban J connectivity index is 2.10. The lowest BCUT2D eigenvalue weighted by Crippen LogP contribution is -2.49. The first-order valence-electron chi connectivity index (χ1n) is 8.44. The lowest BCUT2D eigenvalue weighted by Gasteiger charge is -2.29. The van der Waals surface area contributed by atoms with Crippen LogP contribution in [0.2, 0.25) is 0 Å². The second-order valence-electron chi connectivity index (χ2n) is 6.41. The number of benzene rings is 1. The first kappa shape index (κ1) is 18.8. The summed E-state index contributed by atoms with van der Waals surface area (Å²) in [4.78, 5) is 37.7. The number of carbonyl (C=O) groups is 3. The van der Waals surface area contributed by atoms with E-state index in [-0.39, 0.29) is 18.3 Å². The highest BCUT2D eigenvalue weighted by atomic mass is 16.5. The van der Waals surface area contributed by atoms with E-state index < -0.39 is 11.6 Å². The molecular formula is C18H25N3O4. The van der Waals surface area contributed by atoms with Crippen LogP contribution in [0.15, 0.2) is 24.3 Å². The van der Waals surface area contributed by atoms with Crippen molar-refractivity contribution in [2.75, 3.05) is 23.9 Å². The summed E-state index contributed by atoms with van der Waals surface area (Å²) in [6.45, 7) is 4.33. The highest BCUT2D eigenvalue weighted by Crippen LogP contribution is 2.29. The minimum atomic E-state index is -0.713. The number of nitrogens with one attached hydrogen (secondary N) is 2. The van der Waals surface area contributed by atoms with E-state index in [4.69, 9.17) is 4.74 Å². The van der Waals surface area contributed by atoms with Gasteiger partial charge in [-0.25, -0.2) is 4.79 Å². The molecule has 1 saturated heterocycles. The number of urea groups is 1. The van der Waals surface area contributed by atoms with Crippen molar-refractivity contribution in [1.29, 1.82) is 0 Å². The highest BCUT2D eigenvalue weighted by Gasteiger charge is 2.29. The molecule has 0 aliphatic carbocycles. The van der Waals surface area contributed by atoms with Gasteiger partial charge in [0.1, 0.15) is 0 Å². The molecule has 0 radical (unpaired) electrons. The quantitative estimate of drug-likeness (QED) is 0.775. The van der Waals surface area contributed by atoms with Crippen LogP contribution in [0.3, 0.4) is 0 Å². The van der Waals surface area contributed by atoms with E-state index in [2.05, 4.69) is 10.6 Å². The molecule has 7 nitrogen and oxygen atoms in total. The normalized spacial score (nSPS) is 16.3. The number of hydrogen-bond acceptors (Lipinski definition) is 4. The topological polar surface area (TPSA) is 87.7 Å². The smallest absolute Gasteiger partial charge is 0.319 e.